The molecule has 3 nitrogen and oxygen atoms in total. The first-order valence-corrected chi connectivity index (χ1v) is 8.53. The molecular weight excluding hydrogens is 292 g/mol. The van der Waals surface area contributed by atoms with Gasteiger partial charge in [0.05, 0.1) is 0 Å². The summed E-state index contributed by atoms with van der Waals surface area (Å²) in [6.45, 7) is 6.88. The molecule has 0 saturated carbocycles. The third-order valence-corrected chi connectivity index (χ3v) is 4.65. The highest BCUT2D eigenvalue weighted by atomic mass is 35.5. The molecule has 1 aliphatic rings. The van der Waals surface area contributed by atoms with Crippen molar-refractivity contribution in [1.82, 2.24) is 10.2 Å². The van der Waals surface area contributed by atoms with Crippen molar-refractivity contribution in [2.24, 2.45) is 5.92 Å². The number of hydrogen-bond donors (Lipinski definition) is 1. The zero-order valence-corrected chi connectivity index (χ0v) is 13.6. The summed E-state index contributed by atoms with van der Waals surface area (Å²) >= 11 is 7.63. The number of benzene rings is 1. The number of Topliss-reactive ketones (excluding diaryl/α,β-unsaturated/α-hetero) is 1. The molecule has 0 radical (unpaired) electrons. The zero-order chi connectivity index (χ0) is 14.5. The van der Waals surface area contributed by atoms with Crippen LogP contribution >= 0.6 is 23.4 Å². The third kappa shape index (κ3) is 3.98. The molecule has 110 valence electrons. The number of piperazine rings is 1. The summed E-state index contributed by atoms with van der Waals surface area (Å²) in [6.07, 6.45) is 1.99. The highest BCUT2D eigenvalue weighted by Crippen LogP contribution is 2.26. The van der Waals surface area contributed by atoms with E-state index in [9.17, 15) is 4.79 Å². The lowest BCUT2D eigenvalue weighted by molar-refractivity contribution is 0.0884. The van der Waals surface area contributed by atoms with E-state index in [4.69, 9.17) is 11.6 Å². The summed E-state index contributed by atoms with van der Waals surface area (Å²) in [4.78, 5) is 16.0. The van der Waals surface area contributed by atoms with E-state index in [1.807, 2.05) is 25.3 Å². The molecule has 1 aromatic rings. The van der Waals surface area contributed by atoms with Crippen molar-refractivity contribution in [2.45, 2.75) is 11.8 Å². The Bertz CT molecular complexity index is 475. The van der Waals surface area contributed by atoms with Gasteiger partial charge in [-0.1, -0.05) is 18.5 Å². The van der Waals surface area contributed by atoms with Gasteiger partial charge in [0.1, 0.15) is 0 Å². The minimum atomic E-state index is -0.00235. The molecule has 2 rings (SSSR count). The predicted molar refractivity (Wildman–Crippen MR) is 86.0 cm³/mol. The van der Waals surface area contributed by atoms with Crippen LogP contribution in [0.3, 0.4) is 0 Å². The van der Waals surface area contributed by atoms with Gasteiger partial charge in [-0.15, -0.1) is 11.8 Å². The number of ketones is 1. The number of nitrogens with zero attached hydrogens (tertiary/aromatic N) is 1. The van der Waals surface area contributed by atoms with Crippen LogP contribution in [0.2, 0.25) is 5.02 Å². The van der Waals surface area contributed by atoms with Crippen LogP contribution in [0.25, 0.3) is 0 Å². The van der Waals surface area contributed by atoms with Crippen molar-refractivity contribution in [1.29, 1.82) is 0 Å². The normalized spacial score (nSPS) is 17.9. The van der Waals surface area contributed by atoms with Crippen molar-refractivity contribution in [3.63, 3.8) is 0 Å². The molecule has 20 heavy (non-hydrogen) atoms. The van der Waals surface area contributed by atoms with Crippen LogP contribution in [0.15, 0.2) is 23.1 Å². The second-order valence-electron chi connectivity index (χ2n) is 5.16. The fourth-order valence-corrected chi connectivity index (χ4v) is 3.26. The highest BCUT2D eigenvalue weighted by Gasteiger charge is 2.22. The largest absolute Gasteiger partial charge is 0.314 e. The molecule has 1 heterocycles. The molecule has 0 amide bonds. The molecule has 0 aromatic heterocycles. The molecular formula is C15H21ClN2OS. The molecule has 1 atom stereocenters. The standard InChI is InChI=1S/C15H21ClN2OS/c1-11(10-18-7-5-17-6-8-18)15(19)13-9-12(16)3-4-14(13)20-2/h3-4,9,11,17H,5-8,10H2,1-2H3. The van der Waals surface area contributed by atoms with E-state index in [2.05, 4.69) is 10.2 Å². The monoisotopic (exact) mass is 312 g/mol. The van der Waals surface area contributed by atoms with E-state index in [-0.39, 0.29) is 11.7 Å². The van der Waals surface area contributed by atoms with Gasteiger partial charge < -0.3 is 10.2 Å². The lowest BCUT2D eigenvalue weighted by Gasteiger charge is -2.29. The van der Waals surface area contributed by atoms with Crippen molar-refractivity contribution >= 4 is 29.1 Å². The van der Waals surface area contributed by atoms with E-state index in [1.54, 1.807) is 17.8 Å². The van der Waals surface area contributed by atoms with Crippen LogP contribution in [0.4, 0.5) is 0 Å². The van der Waals surface area contributed by atoms with Crippen LogP contribution in [0.5, 0.6) is 0 Å². The van der Waals surface area contributed by atoms with Crippen LogP contribution in [-0.2, 0) is 0 Å². The first-order chi connectivity index (χ1) is 9.61. The van der Waals surface area contributed by atoms with Crippen molar-refractivity contribution in [2.75, 3.05) is 39.0 Å². The molecule has 5 heteroatoms. The van der Waals surface area contributed by atoms with Crippen molar-refractivity contribution in [3.05, 3.63) is 28.8 Å². The Hall–Kier alpha value is -0.550. The Morgan fingerprint density at radius 3 is 2.80 bits per heavy atom. The smallest absolute Gasteiger partial charge is 0.168 e. The minimum absolute atomic E-state index is 0.00235. The van der Waals surface area contributed by atoms with E-state index in [1.165, 1.54) is 0 Å². The lowest BCUT2D eigenvalue weighted by atomic mass is 9.98. The maximum atomic E-state index is 12.6. The second kappa shape index (κ2) is 7.46. The first-order valence-electron chi connectivity index (χ1n) is 6.92. The quantitative estimate of drug-likeness (QED) is 0.669. The summed E-state index contributed by atoms with van der Waals surface area (Å²) in [5.41, 5.74) is 0.757. The number of thioether (sulfide) groups is 1. The average Bonchev–Trinajstić information content (AvgIpc) is 2.47. The number of carbonyl (C=O) groups is 1. The summed E-state index contributed by atoms with van der Waals surface area (Å²) in [7, 11) is 0. The van der Waals surface area contributed by atoms with Gasteiger partial charge >= 0.3 is 0 Å². The first kappa shape index (κ1) is 15.8. The van der Waals surface area contributed by atoms with E-state index >= 15 is 0 Å². The summed E-state index contributed by atoms with van der Waals surface area (Å²) in [5.74, 6) is 0.188. The highest BCUT2D eigenvalue weighted by molar-refractivity contribution is 7.98. The van der Waals surface area contributed by atoms with Crippen LogP contribution in [-0.4, -0.2) is 49.7 Å². The van der Waals surface area contributed by atoms with Gasteiger partial charge in [-0.05, 0) is 24.5 Å². The van der Waals surface area contributed by atoms with Gasteiger partial charge in [-0.3, -0.25) is 4.79 Å². The van der Waals surface area contributed by atoms with Crippen molar-refractivity contribution in [3.8, 4) is 0 Å². The molecule has 0 spiro atoms. The summed E-state index contributed by atoms with van der Waals surface area (Å²) in [6, 6.07) is 5.56. The van der Waals surface area contributed by atoms with E-state index in [0.29, 0.717) is 5.02 Å². The predicted octanol–water partition coefficient (Wildman–Crippen LogP) is 2.79. The molecule has 1 aromatic carbocycles. The lowest BCUT2D eigenvalue weighted by Crippen LogP contribution is -2.45. The Kier molecular flexibility index (Phi) is 5.90. The van der Waals surface area contributed by atoms with Gasteiger partial charge in [0.25, 0.3) is 0 Å². The number of rotatable bonds is 5. The van der Waals surface area contributed by atoms with Crippen LogP contribution in [0, 0.1) is 5.92 Å². The molecule has 1 saturated heterocycles. The molecule has 1 aliphatic heterocycles. The fraction of sp³-hybridized carbons (Fsp3) is 0.533. The topological polar surface area (TPSA) is 32.3 Å². The van der Waals surface area contributed by atoms with E-state index < -0.39 is 0 Å². The number of halogens is 1. The fourth-order valence-electron chi connectivity index (χ4n) is 2.50. The van der Waals surface area contributed by atoms with Gasteiger partial charge in [0, 0.05) is 54.1 Å². The molecule has 0 aliphatic carbocycles. The van der Waals surface area contributed by atoms with Gasteiger partial charge in [0.15, 0.2) is 5.78 Å². The van der Waals surface area contributed by atoms with Gasteiger partial charge in [0.2, 0.25) is 0 Å². The zero-order valence-electron chi connectivity index (χ0n) is 12.0. The van der Waals surface area contributed by atoms with Gasteiger partial charge in [-0.25, -0.2) is 0 Å². The third-order valence-electron chi connectivity index (χ3n) is 3.62. The Labute approximate surface area is 130 Å². The van der Waals surface area contributed by atoms with Crippen LogP contribution in [0.1, 0.15) is 17.3 Å². The summed E-state index contributed by atoms with van der Waals surface area (Å²) < 4.78 is 0. The van der Waals surface area contributed by atoms with E-state index in [0.717, 1.165) is 43.2 Å². The summed E-state index contributed by atoms with van der Waals surface area (Å²) in [5, 5.41) is 3.95. The minimum Gasteiger partial charge on any atom is -0.314 e. The number of nitrogens with one attached hydrogen (secondary N) is 1. The SMILES string of the molecule is CSc1ccc(Cl)cc1C(=O)C(C)CN1CCNCC1. The molecule has 1 unspecified atom stereocenters. The number of hydrogen-bond acceptors (Lipinski definition) is 4. The maximum Gasteiger partial charge on any atom is 0.168 e. The Morgan fingerprint density at radius 2 is 2.15 bits per heavy atom. The van der Waals surface area contributed by atoms with Crippen molar-refractivity contribution < 1.29 is 4.79 Å². The molecule has 1 fully saturated rings. The number of carbonyl (C=O) groups excluding carboxylic acids is 1. The van der Waals surface area contributed by atoms with Crippen LogP contribution < -0.4 is 5.32 Å². The average molecular weight is 313 g/mol. The maximum absolute atomic E-state index is 12.6. The Balaban J connectivity index is 2.07. The Morgan fingerprint density at radius 1 is 1.45 bits per heavy atom. The second-order valence-corrected chi connectivity index (χ2v) is 6.45. The molecule has 1 N–H and O–H groups in total. The van der Waals surface area contributed by atoms with Gasteiger partial charge in [-0.2, -0.15) is 0 Å². The molecule has 0 bridgehead atoms.